The Bertz CT molecular complexity index is 583. The number of benzene rings is 1. The number of hydrogen-bond donors (Lipinski definition) is 1. The molecule has 0 saturated carbocycles. The van der Waals surface area contributed by atoms with E-state index in [-0.39, 0.29) is 5.82 Å². The third kappa shape index (κ3) is 2.69. The van der Waals surface area contributed by atoms with Gasteiger partial charge in [0.1, 0.15) is 11.6 Å². The van der Waals surface area contributed by atoms with Gasteiger partial charge in [0.25, 0.3) is 0 Å². The van der Waals surface area contributed by atoms with Crippen molar-refractivity contribution < 1.29 is 9.13 Å². The summed E-state index contributed by atoms with van der Waals surface area (Å²) in [5.41, 5.74) is 1.19. The molecule has 20 heavy (non-hydrogen) atoms. The van der Waals surface area contributed by atoms with Crippen molar-refractivity contribution in [2.24, 2.45) is 7.05 Å². The smallest absolute Gasteiger partial charge is 0.153 e. The van der Waals surface area contributed by atoms with Crippen LogP contribution in [0, 0.1) is 5.82 Å². The first-order valence-corrected chi connectivity index (χ1v) is 7.00. The highest BCUT2D eigenvalue weighted by Crippen LogP contribution is 2.34. The fraction of sp³-hybridized carbons (Fsp3) is 0.385. The van der Waals surface area contributed by atoms with Gasteiger partial charge in [0, 0.05) is 7.05 Å². The highest BCUT2D eigenvalue weighted by molar-refractivity contribution is 9.10. The van der Waals surface area contributed by atoms with Gasteiger partial charge in [-0.3, -0.25) is 0 Å². The van der Waals surface area contributed by atoms with Gasteiger partial charge in [-0.25, -0.2) is 9.07 Å². The molecule has 108 valence electrons. The monoisotopic (exact) mass is 342 g/mol. The molecule has 0 radical (unpaired) electrons. The number of ether oxygens (including phenoxy) is 1. The minimum absolute atomic E-state index is 0.330. The van der Waals surface area contributed by atoms with Crippen LogP contribution in [-0.4, -0.2) is 28.6 Å². The summed E-state index contributed by atoms with van der Waals surface area (Å²) in [7, 11) is 3.29. The lowest BCUT2D eigenvalue weighted by Crippen LogP contribution is -2.26. The third-order valence-corrected chi connectivity index (χ3v) is 3.59. The largest absolute Gasteiger partial charge is 0.496 e. The van der Waals surface area contributed by atoms with Crippen LogP contribution >= 0.6 is 15.9 Å². The Morgan fingerprint density at radius 3 is 2.80 bits per heavy atom. The van der Waals surface area contributed by atoms with E-state index in [1.54, 1.807) is 23.9 Å². The topological polar surface area (TPSA) is 52.0 Å². The second kappa shape index (κ2) is 6.32. The molecule has 0 fully saturated rings. The molecule has 0 bridgehead atoms. The molecular formula is C13H16BrFN4O. The van der Waals surface area contributed by atoms with Gasteiger partial charge in [-0.15, -0.1) is 5.10 Å². The lowest BCUT2D eigenvalue weighted by Gasteiger charge is -2.21. The molecule has 7 heteroatoms. The van der Waals surface area contributed by atoms with Crippen LogP contribution in [0.25, 0.3) is 0 Å². The van der Waals surface area contributed by atoms with Gasteiger partial charge in [0.05, 0.1) is 24.4 Å². The van der Waals surface area contributed by atoms with E-state index in [1.807, 2.05) is 6.92 Å². The molecule has 5 nitrogen and oxygen atoms in total. The van der Waals surface area contributed by atoms with Crippen LogP contribution < -0.4 is 10.1 Å². The molecule has 0 aliphatic carbocycles. The summed E-state index contributed by atoms with van der Waals surface area (Å²) in [6, 6.07) is 4.38. The van der Waals surface area contributed by atoms with Crippen LogP contribution in [0.4, 0.5) is 4.39 Å². The first kappa shape index (κ1) is 14.9. The van der Waals surface area contributed by atoms with Crippen LogP contribution in [0.2, 0.25) is 0 Å². The summed E-state index contributed by atoms with van der Waals surface area (Å²) in [6.45, 7) is 2.62. The number of methoxy groups -OCH3 is 1. The molecule has 1 atom stereocenters. The lowest BCUT2D eigenvalue weighted by atomic mass is 10.0. The van der Waals surface area contributed by atoms with E-state index in [0.29, 0.717) is 22.5 Å². The highest BCUT2D eigenvalue weighted by Gasteiger charge is 2.26. The Morgan fingerprint density at radius 2 is 2.25 bits per heavy atom. The SMILES string of the molecule is CCNC(c1c(F)cccc1OC)c1c(Br)nnn1C. The predicted octanol–water partition coefficient (Wildman–Crippen LogP) is 2.42. The Morgan fingerprint density at radius 1 is 1.50 bits per heavy atom. The maximum atomic E-state index is 14.3. The zero-order valence-corrected chi connectivity index (χ0v) is 13.1. The molecule has 2 rings (SSSR count). The zero-order valence-electron chi connectivity index (χ0n) is 11.5. The van der Waals surface area contributed by atoms with Crippen LogP contribution in [0.3, 0.4) is 0 Å². The van der Waals surface area contributed by atoms with Crippen LogP contribution in [0.5, 0.6) is 5.75 Å². The zero-order chi connectivity index (χ0) is 14.7. The second-order valence-electron chi connectivity index (χ2n) is 4.24. The van der Waals surface area contributed by atoms with Crippen LogP contribution in [-0.2, 0) is 7.05 Å². The summed E-state index contributed by atoms with van der Waals surface area (Å²) in [6.07, 6.45) is 0. The number of rotatable bonds is 5. The van der Waals surface area contributed by atoms with E-state index in [0.717, 1.165) is 5.69 Å². The van der Waals surface area contributed by atoms with Crippen LogP contribution in [0.15, 0.2) is 22.8 Å². The first-order valence-electron chi connectivity index (χ1n) is 6.21. The van der Waals surface area contributed by atoms with Crippen molar-refractivity contribution in [2.45, 2.75) is 13.0 Å². The summed E-state index contributed by atoms with van der Waals surface area (Å²) in [5.74, 6) is 0.160. The fourth-order valence-electron chi connectivity index (χ4n) is 2.16. The van der Waals surface area contributed by atoms with E-state index < -0.39 is 6.04 Å². The maximum absolute atomic E-state index is 14.3. The number of nitrogens with one attached hydrogen (secondary N) is 1. The molecule has 0 aliphatic rings. The van der Waals surface area contributed by atoms with Crippen molar-refractivity contribution in [1.82, 2.24) is 20.3 Å². The van der Waals surface area contributed by atoms with E-state index in [2.05, 4.69) is 31.6 Å². The van der Waals surface area contributed by atoms with E-state index in [1.165, 1.54) is 13.2 Å². The molecule has 1 aromatic carbocycles. The van der Waals surface area contributed by atoms with Gasteiger partial charge in [-0.1, -0.05) is 18.2 Å². The molecule has 1 N–H and O–H groups in total. The van der Waals surface area contributed by atoms with Gasteiger partial charge in [0.15, 0.2) is 4.60 Å². The fourth-order valence-corrected chi connectivity index (χ4v) is 2.72. The van der Waals surface area contributed by atoms with Crippen molar-refractivity contribution in [3.63, 3.8) is 0 Å². The normalized spacial score (nSPS) is 12.4. The van der Waals surface area contributed by atoms with Gasteiger partial charge < -0.3 is 10.1 Å². The molecular weight excluding hydrogens is 327 g/mol. The Kier molecular flexibility index (Phi) is 4.72. The number of aryl methyl sites for hydroxylation is 1. The highest BCUT2D eigenvalue weighted by atomic mass is 79.9. The summed E-state index contributed by atoms with van der Waals surface area (Å²) in [5, 5.41) is 11.2. The van der Waals surface area contributed by atoms with Crippen LogP contribution in [0.1, 0.15) is 24.2 Å². The Hall–Kier alpha value is -1.47. The summed E-state index contributed by atoms with van der Waals surface area (Å²) < 4.78 is 21.8. The standard InChI is InChI=1S/C13H16BrFN4O/c1-4-16-11(12-13(14)17-18-19(12)2)10-8(15)6-5-7-9(10)20-3/h5-7,11,16H,4H2,1-3H3. The lowest BCUT2D eigenvalue weighted by molar-refractivity contribution is 0.395. The van der Waals surface area contributed by atoms with Gasteiger partial charge >= 0.3 is 0 Å². The number of nitrogens with zero attached hydrogens (tertiary/aromatic N) is 3. The number of hydrogen-bond acceptors (Lipinski definition) is 4. The maximum Gasteiger partial charge on any atom is 0.153 e. The van der Waals surface area contributed by atoms with Crippen molar-refractivity contribution in [2.75, 3.05) is 13.7 Å². The summed E-state index contributed by atoms with van der Waals surface area (Å²) in [4.78, 5) is 0. The molecule has 1 unspecified atom stereocenters. The predicted molar refractivity (Wildman–Crippen MR) is 77.2 cm³/mol. The van der Waals surface area contributed by atoms with Crippen molar-refractivity contribution in [3.8, 4) is 5.75 Å². The minimum Gasteiger partial charge on any atom is -0.496 e. The average Bonchev–Trinajstić information content (AvgIpc) is 2.76. The van der Waals surface area contributed by atoms with Gasteiger partial charge in [0.2, 0.25) is 0 Å². The molecule has 0 spiro atoms. The Labute approximate surface area is 125 Å². The quantitative estimate of drug-likeness (QED) is 0.906. The van der Waals surface area contributed by atoms with Crippen molar-refractivity contribution in [3.05, 3.63) is 39.9 Å². The minimum atomic E-state index is -0.398. The molecule has 2 aromatic rings. The summed E-state index contributed by atoms with van der Waals surface area (Å²) >= 11 is 3.36. The molecule has 1 heterocycles. The van der Waals surface area contributed by atoms with E-state index in [9.17, 15) is 4.39 Å². The van der Waals surface area contributed by atoms with Gasteiger partial charge in [-0.05, 0) is 34.6 Å². The Balaban J connectivity index is 2.60. The van der Waals surface area contributed by atoms with E-state index >= 15 is 0 Å². The average molecular weight is 343 g/mol. The number of aromatic nitrogens is 3. The molecule has 1 aromatic heterocycles. The van der Waals surface area contributed by atoms with Crippen molar-refractivity contribution >= 4 is 15.9 Å². The van der Waals surface area contributed by atoms with Gasteiger partial charge in [-0.2, -0.15) is 0 Å². The number of halogens is 2. The molecule has 0 amide bonds. The molecule has 0 saturated heterocycles. The second-order valence-corrected chi connectivity index (χ2v) is 4.99. The first-order chi connectivity index (χ1) is 9.60. The third-order valence-electron chi connectivity index (χ3n) is 3.03. The van der Waals surface area contributed by atoms with Crippen molar-refractivity contribution in [1.29, 1.82) is 0 Å². The van der Waals surface area contributed by atoms with E-state index in [4.69, 9.17) is 4.74 Å². The molecule has 0 aliphatic heterocycles.